The van der Waals surface area contributed by atoms with Gasteiger partial charge in [-0.2, -0.15) is 0 Å². The van der Waals surface area contributed by atoms with Crippen molar-refractivity contribution >= 4 is 33.5 Å². The van der Waals surface area contributed by atoms with Crippen molar-refractivity contribution in [3.05, 3.63) is 44.6 Å². The molecule has 1 aromatic carbocycles. The molecule has 1 heterocycles. The number of hydrogen-bond donors (Lipinski definition) is 0. The Labute approximate surface area is 135 Å². The Bertz CT molecular complexity index is 660. The van der Waals surface area contributed by atoms with Crippen LogP contribution in [0.4, 0.5) is 0 Å². The van der Waals surface area contributed by atoms with Crippen LogP contribution in [0.2, 0.25) is 5.02 Å². The van der Waals surface area contributed by atoms with Gasteiger partial charge in [-0.25, -0.2) is 9.48 Å². The lowest BCUT2D eigenvalue weighted by molar-refractivity contribution is 0.0588. The smallest absolute Gasteiger partial charge is 0.360 e. The van der Waals surface area contributed by atoms with Gasteiger partial charge in [0.2, 0.25) is 0 Å². The van der Waals surface area contributed by atoms with E-state index in [4.69, 9.17) is 16.3 Å². The molecule has 2 rings (SSSR count). The van der Waals surface area contributed by atoms with E-state index in [0.29, 0.717) is 17.3 Å². The average Bonchev–Trinajstić information content (AvgIpc) is 2.84. The largest absolute Gasteiger partial charge is 0.464 e. The number of halogens is 2. The van der Waals surface area contributed by atoms with Gasteiger partial charge >= 0.3 is 5.97 Å². The Balaban J connectivity index is 2.35. The van der Waals surface area contributed by atoms with Crippen molar-refractivity contribution in [2.45, 2.75) is 13.2 Å². The maximum Gasteiger partial charge on any atom is 0.360 e. The minimum Gasteiger partial charge on any atom is -0.464 e. The van der Waals surface area contributed by atoms with Gasteiger partial charge in [0, 0.05) is 16.6 Å². The zero-order valence-corrected chi connectivity index (χ0v) is 13.8. The fourth-order valence-corrected chi connectivity index (χ4v) is 2.54. The third kappa shape index (κ3) is 3.61. The van der Waals surface area contributed by atoms with E-state index < -0.39 is 5.97 Å². The number of aromatic nitrogens is 3. The van der Waals surface area contributed by atoms with E-state index in [1.54, 1.807) is 10.7 Å². The average molecular weight is 375 g/mol. The maximum atomic E-state index is 11.7. The van der Waals surface area contributed by atoms with Crippen LogP contribution in [0.5, 0.6) is 0 Å². The first-order valence-electron chi connectivity index (χ1n) is 6.00. The van der Waals surface area contributed by atoms with E-state index in [2.05, 4.69) is 31.0 Å². The molecule has 0 saturated heterocycles. The monoisotopic (exact) mass is 373 g/mol. The zero-order chi connectivity index (χ0) is 15.4. The number of esters is 1. The molecule has 0 unspecified atom stereocenters. The Morgan fingerprint density at radius 3 is 2.81 bits per heavy atom. The van der Waals surface area contributed by atoms with Crippen molar-refractivity contribution < 1.29 is 14.3 Å². The lowest BCUT2D eigenvalue weighted by Crippen LogP contribution is -2.11. The van der Waals surface area contributed by atoms with Gasteiger partial charge in [0.1, 0.15) is 0 Å². The summed E-state index contributed by atoms with van der Waals surface area (Å²) in [6.45, 7) is 0.584. The summed E-state index contributed by atoms with van der Waals surface area (Å²) < 4.78 is 12.2. The van der Waals surface area contributed by atoms with Crippen molar-refractivity contribution in [3.63, 3.8) is 0 Å². The van der Waals surface area contributed by atoms with Crippen molar-refractivity contribution in [1.29, 1.82) is 0 Å². The molecule has 0 spiro atoms. The SMILES string of the molecule is COCc1c(C(=O)OC)nnn1Cc1ccc(Br)cc1Cl. The van der Waals surface area contributed by atoms with Crippen molar-refractivity contribution in [2.24, 2.45) is 0 Å². The Kier molecular flexibility index (Phi) is 5.33. The highest BCUT2D eigenvalue weighted by atomic mass is 79.9. The molecule has 0 bridgehead atoms. The molecule has 0 N–H and O–H groups in total. The van der Waals surface area contributed by atoms with Crippen LogP contribution in [-0.4, -0.2) is 35.2 Å². The van der Waals surface area contributed by atoms with Crippen LogP contribution < -0.4 is 0 Å². The molecular weight excluding hydrogens is 362 g/mol. The minimum atomic E-state index is -0.546. The molecule has 0 saturated carbocycles. The topological polar surface area (TPSA) is 66.2 Å². The fraction of sp³-hybridized carbons (Fsp3) is 0.308. The van der Waals surface area contributed by atoms with Crippen LogP contribution in [0.1, 0.15) is 21.7 Å². The molecule has 2 aromatic rings. The number of nitrogens with zero attached hydrogens (tertiary/aromatic N) is 3. The van der Waals surface area contributed by atoms with Gasteiger partial charge in [0.05, 0.1) is 26.0 Å². The summed E-state index contributed by atoms with van der Waals surface area (Å²) >= 11 is 9.54. The van der Waals surface area contributed by atoms with Crippen molar-refractivity contribution in [1.82, 2.24) is 15.0 Å². The molecule has 0 radical (unpaired) electrons. The van der Waals surface area contributed by atoms with Gasteiger partial charge in [0.15, 0.2) is 5.69 Å². The van der Waals surface area contributed by atoms with E-state index in [9.17, 15) is 4.79 Å². The number of methoxy groups -OCH3 is 2. The summed E-state index contributed by atoms with van der Waals surface area (Å²) in [5.74, 6) is -0.546. The second-order valence-corrected chi connectivity index (χ2v) is 5.53. The maximum absolute atomic E-state index is 11.7. The first-order valence-corrected chi connectivity index (χ1v) is 7.17. The number of carbonyl (C=O) groups excluding carboxylic acids is 1. The van der Waals surface area contributed by atoms with Gasteiger partial charge in [-0.15, -0.1) is 5.10 Å². The van der Waals surface area contributed by atoms with E-state index in [1.807, 2.05) is 12.1 Å². The molecular formula is C13H13BrClN3O3. The molecule has 21 heavy (non-hydrogen) atoms. The summed E-state index contributed by atoms with van der Waals surface area (Å²) in [4.78, 5) is 11.7. The Morgan fingerprint density at radius 2 is 2.19 bits per heavy atom. The Hall–Kier alpha value is -1.44. The molecule has 1 aromatic heterocycles. The highest BCUT2D eigenvalue weighted by Crippen LogP contribution is 2.22. The van der Waals surface area contributed by atoms with Crippen LogP contribution in [0, 0.1) is 0 Å². The number of ether oxygens (including phenoxy) is 2. The normalized spacial score (nSPS) is 10.7. The molecule has 0 aliphatic heterocycles. The second kappa shape index (κ2) is 7.02. The second-order valence-electron chi connectivity index (χ2n) is 4.20. The van der Waals surface area contributed by atoms with Gasteiger partial charge in [-0.3, -0.25) is 0 Å². The predicted octanol–water partition coefficient (Wildman–Crippen LogP) is 2.68. The Morgan fingerprint density at radius 1 is 1.43 bits per heavy atom. The molecule has 0 fully saturated rings. The van der Waals surface area contributed by atoms with Crippen LogP contribution in [0.25, 0.3) is 0 Å². The van der Waals surface area contributed by atoms with Crippen molar-refractivity contribution in [3.8, 4) is 0 Å². The zero-order valence-electron chi connectivity index (χ0n) is 11.5. The van der Waals surface area contributed by atoms with Crippen molar-refractivity contribution in [2.75, 3.05) is 14.2 Å². The van der Waals surface area contributed by atoms with E-state index in [-0.39, 0.29) is 12.3 Å². The lowest BCUT2D eigenvalue weighted by Gasteiger charge is -2.08. The van der Waals surface area contributed by atoms with E-state index >= 15 is 0 Å². The van der Waals surface area contributed by atoms with Gasteiger partial charge in [-0.1, -0.05) is 38.8 Å². The summed E-state index contributed by atoms with van der Waals surface area (Å²) in [6, 6.07) is 5.56. The number of benzene rings is 1. The van der Waals surface area contributed by atoms with E-state index in [0.717, 1.165) is 10.0 Å². The number of rotatable bonds is 5. The first-order chi connectivity index (χ1) is 10.1. The first kappa shape index (κ1) is 15.9. The molecule has 0 aliphatic rings. The van der Waals surface area contributed by atoms with Crippen LogP contribution in [0.3, 0.4) is 0 Å². The molecule has 0 aliphatic carbocycles. The third-order valence-corrected chi connectivity index (χ3v) is 3.68. The molecule has 6 nitrogen and oxygen atoms in total. The molecule has 8 heteroatoms. The van der Waals surface area contributed by atoms with E-state index in [1.165, 1.54) is 14.2 Å². The highest BCUT2D eigenvalue weighted by molar-refractivity contribution is 9.10. The fourth-order valence-electron chi connectivity index (χ4n) is 1.81. The van der Waals surface area contributed by atoms with Crippen LogP contribution in [0.15, 0.2) is 22.7 Å². The van der Waals surface area contributed by atoms with Crippen LogP contribution in [-0.2, 0) is 22.6 Å². The predicted molar refractivity (Wildman–Crippen MR) is 80.3 cm³/mol. The summed E-state index contributed by atoms with van der Waals surface area (Å²) in [7, 11) is 2.83. The van der Waals surface area contributed by atoms with Gasteiger partial charge < -0.3 is 9.47 Å². The molecule has 0 atom stereocenters. The lowest BCUT2D eigenvalue weighted by atomic mass is 10.2. The number of carbonyl (C=O) groups is 1. The third-order valence-electron chi connectivity index (χ3n) is 2.83. The van der Waals surface area contributed by atoms with Gasteiger partial charge in [0.25, 0.3) is 0 Å². The highest BCUT2D eigenvalue weighted by Gasteiger charge is 2.20. The summed E-state index contributed by atoms with van der Waals surface area (Å²) in [5, 5.41) is 8.43. The van der Waals surface area contributed by atoms with Gasteiger partial charge in [-0.05, 0) is 17.7 Å². The number of hydrogen-bond acceptors (Lipinski definition) is 5. The summed E-state index contributed by atoms with van der Waals surface area (Å²) in [5.41, 5.74) is 1.55. The molecule has 0 amide bonds. The molecule has 112 valence electrons. The quantitative estimate of drug-likeness (QED) is 0.753. The summed E-state index contributed by atoms with van der Waals surface area (Å²) in [6.07, 6.45) is 0. The van der Waals surface area contributed by atoms with Crippen LogP contribution >= 0.6 is 27.5 Å². The standard InChI is InChI=1S/C13H13BrClN3O3/c1-20-7-11-12(13(19)21-2)16-17-18(11)6-8-3-4-9(14)5-10(8)15/h3-5H,6-7H2,1-2H3. The minimum absolute atomic E-state index is 0.146.